The number of halogens is 4. The number of pyridine rings is 1. The van der Waals surface area contributed by atoms with Crippen molar-refractivity contribution in [3.63, 3.8) is 0 Å². The van der Waals surface area contributed by atoms with Gasteiger partial charge in [0.15, 0.2) is 11.7 Å². The zero-order chi connectivity index (χ0) is 20.6. The topological polar surface area (TPSA) is 91.3 Å². The van der Waals surface area contributed by atoms with Crippen LogP contribution in [0.3, 0.4) is 0 Å². The van der Waals surface area contributed by atoms with Crippen molar-refractivity contribution in [3.8, 4) is 0 Å². The first-order chi connectivity index (χ1) is 13.3. The molecule has 2 aromatic heterocycles. The molecule has 0 atom stereocenters. The van der Waals surface area contributed by atoms with E-state index in [0.717, 1.165) is 22.4 Å². The van der Waals surface area contributed by atoms with Crippen molar-refractivity contribution in [3.05, 3.63) is 40.0 Å². The van der Waals surface area contributed by atoms with Gasteiger partial charge in [-0.05, 0) is 26.0 Å². The molecular weight excluding hydrogens is 520 g/mol. The second-order valence-electron chi connectivity index (χ2n) is 5.71. The highest BCUT2D eigenvalue weighted by atomic mass is 127. The van der Waals surface area contributed by atoms with Crippen LogP contribution in [-0.4, -0.2) is 34.9 Å². The highest BCUT2D eigenvalue weighted by Crippen LogP contribution is 2.30. The van der Waals surface area contributed by atoms with Gasteiger partial charge in [0.25, 0.3) is 0 Å². The van der Waals surface area contributed by atoms with Gasteiger partial charge < -0.3 is 16.0 Å². The van der Waals surface area contributed by atoms with Gasteiger partial charge in [-0.3, -0.25) is 4.79 Å². The maximum Gasteiger partial charge on any atom is 0.434 e. The van der Waals surface area contributed by atoms with Crippen LogP contribution in [-0.2, 0) is 17.5 Å². The summed E-state index contributed by atoms with van der Waals surface area (Å²) < 4.78 is 37.7. The predicted octanol–water partition coefficient (Wildman–Crippen LogP) is 3.57. The first kappa shape index (κ1) is 25.1. The van der Waals surface area contributed by atoms with E-state index in [1.165, 1.54) is 0 Å². The minimum atomic E-state index is -4.46. The third-order valence-electron chi connectivity index (χ3n) is 3.36. The summed E-state index contributed by atoms with van der Waals surface area (Å²) in [5.41, 5.74) is -0.115. The molecule has 1 amide bonds. The lowest BCUT2D eigenvalue weighted by Crippen LogP contribution is -2.38. The Morgan fingerprint density at radius 3 is 2.62 bits per heavy atom. The van der Waals surface area contributed by atoms with Crippen molar-refractivity contribution in [2.45, 2.75) is 33.0 Å². The number of amides is 1. The number of alkyl halides is 3. The fraction of sp³-hybridized carbons (Fsp3) is 0.412. The largest absolute Gasteiger partial charge is 0.434 e. The van der Waals surface area contributed by atoms with Crippen molar-refractivity contribution < 1.29 is 18.0 Å². The fourth-order valence-corrected chi connectivity index (χ4v) is 2.84. The van der Waals surface area contributed by atoms with Gasteiger partial charge in [-0.15, -0.1) is 35.3 Å². The molecule has 0 radical (unpaired) electrons. The molecule has 0 aliphatic rings. The molecule has 2 aromatic rings. The Morgan fingerprint density at radius 2 is 2.00 bits per heavy atom. The normalized spacial score (nSPS) is 11.6. The van der Waals surface area contributed by atoms with E-state index >= 15 is 0 Å². The fourth-order valence-electron chi connectivity index (χ4n) is 2.11. The number of hydrogen-bond acceptors (Lipinski definition) is 5. The number of aromatic nitrogens is 2. The first-order valence-electron chi connectivity index (χ1n) is 8.55. The number of thiazole rings is 1. The van der Waals surface area contributed by atoms with Gasteiger partial charge in [0.1, 0.15) is 10.8 Å². The molecule has 0 aliphatic carbocycles. The summed E-state index contributed by atoms with van der Waals surface area (Å²) in [6, 6.07) is 5.33. The van der Waals surface area contributed by atoms with Crippen LogP contribution in [0.4, 0.5) is 19.0 Å². The van der Waals surface area contributed by atoms with Crippen molar-refractivity contribution in [1.29, 1.82) is 0 Å². The highest BCUT2D eigenvalue weighted by Gasteiger charge is 2.33. The molecule has 0 saturated carbocycles. The molecule has 2 heterocycles. The molecule has 0 fully saturated rings. The number of aryl methyl sites for hydroxylation is 1. The summed E-state index contributed by atoms with van der Waals surface area (Å²) in [4.78, 5) is 23.9. The minimum absolute atomic E-state index is 0. The van der Waals surface area contributed by atoms with Crippen LogP contribution in [0.1, 0.15) is 29.7 Å². The quantitative estimate of drug-likeness (QED) is 0.283. The zero-order valence-corrected chi connectivity index (χ0v) is 19.0. The Balaban J connectivity index is 0.00000420. The lowest BCUT2D eigenvalue weighted by molar-refractivity contribution is -0.140. The van der Waals surface area contributed by atoms with Crippen LogP contribution in [0, 0.1) is 6.92 Å². The lowest BCUT2D eigenvalue weighted by Gasteiger charge is -2.11. The summed E-state index contributed by atoms with van der Waals surface area (Å²) in [5.74, 6) is 0.666. The number of carbonyl (C=O) groups is 1. The summed E-state index contributed by atoms with van der Waals surface area (Å²) in [6.45, 7) is 4.57. The van der Waals surface area contributed by atoms with Crippen LogP contribution in [0.5, 0.6) is 0 Å². The molecule has 7 nitrogen and oxygen atoms in total. The molecule has 0 spiro atoms. The van der Waals surface area contributed by atoms with E-state index in [0.29, 0.717) is 24.9 Å². The third-order valence-corrected chi connectivity index (χ3v) is 4.19. The molecule has 0 saturated heterocycles. The van der Waals surface area contributed by atoms with E-state index in [9.17, 15) is 18.0 Å². The Labute approximate surface area is 187 Å². The Kier molecular flexibility index (Phi) is 10.3. The predicted molar refractivity (Wildman–Crippen MR) is 118 cm³/mol. The van der Waals surface area contributed by atoms with Gasteiger partial charge in [-0.1, -0.05) is 6.07 Å². The molecular formula is C17H22F3IN6OS. The van der Waals surface area contributed by atoms with Crippen LogP contribution in [0.15, 0.2) is 28.6 Å². The van der Waals surface area contributed by atoms with Crippen molar-refractivity contribution in [2.24, 2.45) is 4.99 Å². The first-order valence-corrected chi connectivity index (χ1v) is 9.43. The van der Waals surface area contributed by atoms with Gasteiger partial charge in [-0.2, -0.15) is 13.2 Å². The van der Waals surface area contributed by atoms with Gasteiger partial charge in [0.05, 0.1) is 6.54 Å². The van der Waals surface area contributed by atoms with Gasteiger partial charge in [-0.25, -0.2) is 15.0 Å². The van der Waals surface area contributed by atoms with E-state index in [4.69, 9.17) is 0 Å². The van der Waals surface area contributed by atoms with E-state index in [-0.39, 0.29) is 47.9 Å². The SMILES string of the molecule is CCNC(=NCc1nc(C(F)(F)F)cs1)NCCC(=O)Nc1cccc(C)n1.I. The molecule has 29 heavy (non-hydrogen) atoms. The van der Waals surface area contributed by atoms with Crippen LogP contribution < -0.4 is 16.0 Å². The average molecular weight is 542 g/mol. The highest BCUT2D eigenvalue weighted by molar-refractivity contribution is 14.0. The van der Waals surface area contributed by atoms with Gasteiger partial charge in [0, 0.05) is 30.6 Å². The molecule has 0 aliphatic heterocycles. The monoisotopic (exact) mass is 542 g/mol. The van der Waals surface area contributed by atoms with Crippen molar-refractivity contribution in [2.75, 3.05) is 18.4 Å². The maximum absolute atomic E-state index is 12.6. The van der Waals surface area contributed by atoms with Gasteiger partial charge >= 0.3 is 6.18 Å². The van der Waals surface area contributed by atoms with Gasteiger partial charge in [0.2, 0.25) is 5.91 Å². The summed E-state index contributed by atoms with van der Waals surface area (Å²) in [5, 5.41) is 9.86. The Hall–Kier alpha value is -1.96. The van der Waals surface area contributed by atoms with E-state index < -0.39 is 11.9 Å². The molecule has 0 bridgehead atoms. The number of rotatable bonds is 7. The minimum Gasteiger partial charge on any atom is -0.357 e. The zero-order valence-electron chi connectivity index (χ0n) is 15.8. The number of aliphatic imine (C=N–C) groups is 1. The summed E-state index contributed by atoms with van der Waals surface area (Å²) >= 11 is 0.903. The van der Waals surface area contributed by atoms with Crippen LogP contribution in [0.25, 0.3) is 0 Å². The second kappa shape index (κ2) is 11.9. The number of guanidine groups is 1. The molecule has 2 rings (SSSR count). The summed E-state index contributed by atoms with van der Waals surface area (Å²) in [6.07, 6.45) is -4.28. The number of nitrogens with zero attached hydrogens (tertiary/aromatic N) is 3. The van der Waals surface area contributed by atoms with E-state index in [1.54, 1.807) is 12.1 Å². The second-order valence-corrected chi connectivity index (χ2v) is 6.65. The smallest absolute Gasteiger partial charge is 0.357 e. The third kappa shape index (κ3) is 8.94. The lowest BCUT2D eigenvalue weighted by atomic mass is 10.3. The molecule has 160 valence electrons. The number of hydrogen-bond donors (Lipinski definition) is 3. The molecule has 0 aromatic carbocycles. The van der Waals surface area contributed by atoms with E-state index in [1.807, 2.05) is 19.9 Å². The Morgan fingerprint density at radius 1 is 1.24 bits per heavy atom. The number of carbonyl (C=O) groups excluding carboxylic acids is 1. The average Bonchev–Trinajstić information content (AvgIpc) is 3.09. The van der Waals surface area contributed by atoms with E-state index in [2.05, 4.69) is 30.9 Å². The number of nitrogens with one attached hydrogen (secondary N) is 3. The van der Waals surface area contributed by atoms with Crippen LogP contribution >= 0.6 is 35.3 Å². The standard InChI is InChI=1S/C17H21F3N6OS.HI/c1-3-21-16(23-9-15-25-12(10-28-15)17(18,19)20)22-8-7-14(27)26-13-6-4-5-11(2)24-13;/h4-6,10H,3,7-9H2,1-2H3,(H2,21,22,23)(H,24,26,27);1H. The molecule has 12 heteroatoms. The molecule has 0 unspecified atom stereocenters. The summed E-state index contributed by atoms with van der Waals surface area (Å²) in [7, 11) is 0. The Bertz CT molecular complexity index is 827. The van der Waals surface area contributed by atoms with Crippen molar-refractivity contribution in [1.82, 2.24) is 20.6 Å². The van der Waals surface area contributed by atoms with Crippen molar-refractivity contribution >= 4 is 53.0 Å². The maximum atomic E-state index is 12.6. The number of anilines is 1. The molecule has 3 N–H and O–H groups in total. The van der Waals surface area contributed by atoms with Crippen LogP contribution in [0.2, 0.25) is 0 Å².